The number of halogens is 2. The number of benzene rings is 1. The monoisotopic (exact) mass is 313 g/mol. The van der Waals surface area contributed by atoms with Crippen molar-refractivity contribution in [1.29, 1.82) is 0 Å². The molecule has 2 rings (SSSR count). The molecule has 0 saturated heterocycles. The molecule has 22 heavy (non-hydrogen) atoms. The molecule has 0 spiro atoms. The predicted molar refractivity (Wildman–Crippen MR) is 74.2 cm³/mol. The van der Waals surface area contributed by atoms with Gasteiger partial charge in [-0.1, -0.05) is 0 Å². The summed E-state index contributed by atoms with van der Waals surface area (Å²) in [5.41, 5.74) is 1.24. The molecule has 1 amide bonds. The van der Waals surface area contributed by atoms with Gasteiger partial charge in [-0.25, -0.2) is 0 Å². The first kappa shape index (κ1) is 16.2. The first-order chi connectivity index (χ1) is 10.3. The van der Waals surface area contributed by atoms with Gasteiger partial charge in [0, 0.05) is 11.6 Å². The molecule has 1 saturated carbocycles. The Labute approximate surface area is 126 Å². The molecule has 1 aliphatic carbocycles. The van der Waals surface area contributed by atoms with E-state index in [2.05, 4.69) is 10.1 Å². The lowest BCUT2D eigenvalue weighted by Gasteiger charge is -2.32. The second kappa shape index (κ2) is 6.29. The highest BCUT2D eigenvalue weighted by Crippen LogP contribution is 2.29. The van der Waals surface area contributed by atoms with E-state index in [0.717, 1.165) is 0 Å². The van der Waals surface area contributed by atoms with Gasteiger partial charge in [-0.2, -0.15) is 8.78 Å². The fraction of sp³-hybridized carbons (Fsp3) is 0.467. The van der Waals surface area contributed by atoms with E-state index in [1.807, 2.05) is 0 Å². The average Bonchev–Trinajstić information content (AvgIpc) is 2.36. The third-order valence-corrected chi connectivity index (χ3v) is 3.75. The van der Waals surface area contributed by atoms with E-state index in [-0.39, 0.29) is 17.7 Å². The minimum Gasteiger partial charge on any atom is -0.481 e. The maximum Gasteiger partial charge on any atom is 0.387 e. The lowest BCUT2D eigenvalue weighted by Crippen LogP contribution is -2.46. The summed E-state index contributed by atoms with van der Waals surface area (Å²) in [6, 6.07) is 2.80. The Morgan fingerprint density at radius 1 is 1.27 bits per heavy atom. The second-order valence-electron chi connectivity index (χ2n) is 5.49. The fourth-order valence-corrected chi connectivity index (χ4v) is 2.56. The third kappa shape index (κ3) is 3.52. The van der Waals surface area contributed by atoms with Gasteiger partial charge >= 0.3 is 12.6 Å². The molecule has 1 aromatic carbocycles. The summed E-state index contributed by atoms with van der Waals surface area (Å²) in [4.78, 5) is 22.8. The van der Waals surface area contributed by atoms with Crippen LogP contribution in [0.4, 0.5) is 8.78 Å². The summed E-state index contributed by atoms with van der Waals surface area (Å²) in [6.07, 6.45) is 0.817. The number of aliphatic carboxylic acids is 1. The van der Waals surface area contributed by atoms with E-state index in [1.165, 1.54) is 12.1 Å². The first-order valence-corrected chi connectivity index (χ1v) is 6.87. The SMILES string of the molecule is Cc1cc(C(=O)NC2CC(C(=O)O)C2)cc(C)c1OC(F)F. The number of hydrogen-bond acceptors (Lipinski definition) is 3. The Morgan fingerprint density at radius 2 is 1.82 bits per heavy atom. The normalized spacial score (nSPS) is 20.4. The Bertz CT molecular complexity index is 574. The summed E-state index contributed by atoms with van der Waals surface area (Å²) in [5, 5.41) is 11.5. The second-order valence-corrected chi connectivity index (χ2v) is 5.49. The maximum atomic E-state index is 12.3. The van der Waals surface area contributed by atoms with Crippen LogP contribution in [0.15, 0.2) is 12.1 Å². The third-order valence-electron chi connectivity index (χ3n) is 3.75. The molecular weight excluding hydrogens is 296 g/mol. The molecule has 120 valence electrons. The van der Waals surface area contributed by atoms with E-state index in [1.54, 1.807) is 13.8 Å². The standard InChI is InChI=1S/C15H17F2NO4/c1-7-3-9(4-8(2)12(7)22-15(16)17)13(19)18-11-5-10(6-11)14(20)21/h3-4,10-11,15H,5-6H2,1-2H3,(H,18,19)(H,20,21). The van der Waals surface area contributed by atoms with Crippen LogP contribution in [0.3, 0.4) is 0 Å². The highest BCUT2D eigenvalue weighted by molar-refractivity contribution is 5.95. The van der Waals surface area contributed by atoms with E-state index >= 15 is 0 Å². The maximum absolute atomic E-state index is 12.3. The van der Waals surface area contributed by atoms with Crippen LogP contribution < -0.4 is 10.1 Å². The van der Waals surface area contributed by atoms with E-state index in [9.17, 15) is 18.4 Å². The average molecular weight is 313 g/mol. The molecule has 0 radical (unpaired) electrons. The first-order valence-electron chi connectivity index (χ1n) is 6.87. The number of rotatable bonds is 5. The van der Waals surface area contributed by atoms with Crippen molar-refractivity contribution in [2.24, 2.45) is 5.92 Å². The van der Waals surface area contributed by atoms with Gasteiger partial charge in [0.2, 0.25) is 0 Å². The zero-order valence-corrected chi connectivity index (χ0v) is 12.2. The van der Waals surface area contributed by atoms with Crippen molar-refractivity contribution in [3.63, 3.8) is 0 Å². The number of carboxylic acid groups (broad SMARTS) is 1. The highest BCUT2D eigenvalue weighted by atomic mass is 19.3. The molecule has 1 aromatic rings. The van der Waals surface area contributed by atoms with E-state index < -0.39 is 18.5 Å². The van der Waals surface area contributed by atoms with Gasteiger partial charge < -0.3 is 15.2 Å². The number of nitrogens with one attached hydrogen (secondary N) is 1. The van der Waals surface area contributed by atoms with Crippen LogP contribution in [0.5, 0.6) is 5.75 Å². The quantitative estimate of drug-likeness (QED) is 0.876. The van der Waals surface area contributed by atoms with Crippen molar-refractivity contribution in [2.45, 2.75) is 39.3 Å². The molecule has 1 fully saturated rings. The van der Waals surface area contributed by atoms with Crippen molar-refractivity contribution in [1.82, 2.24) is 5.32 Å². The Morgan fingerprint density at radius 3 is 2.27 bits per heavy atom. The zero-order chi connectivity index (χ0) is 16.4. The van der Waals surface area contributed by atoms with E-state index in [4.69, 9.17) is 5.11 Å². The predicted octanol–water partition coefficient (Wildman–Crippen LogP) is 2.50. The van der Waals surface area contributed by atoms with Crippen LogP contribution in [0.2, 0.25) is 0 Å². The number of aryl methyl sites for hydroxylation is 2. The van der Waals surface area contributed by atoms with Crippen molar-refractivity contribution < 1.29 is 28.2 Å². The largest absolute Gasteiger partial charge is 0.481 e. The van der Waals surface area contributed by atoms with Crippen molar-refractivity contribution in [2.75, 3.05) is 0 Å². The minimum atomic E-state index is -2.92. The van der Waals surface area contributed by atoms with Crippen molar-refractivity contribution in [3.05, 3.63) is 28.8 Å². The van der Waals surface area contributed by atoms with Crippen LogP contribution in [0.25, 0.3) is 0 Å². The molecule has 0 aromatic heterocycles. The molecule has 0 aliphatic heterocycles. The van der Waals surface area contributed by atoms with Gasteiger partial charge in [0.25, 0.3) is 5.91 Å². The van der Waals surface area contributed by atoms with Crippen LogP contribution >= 0.6 is 0 Å². The molecule has 0 heterocycles. The minimum absolute atomic E-state index is 0.0705. The van der Waals surface area contributed by atoms with Crippen LogP contribution in [-0.2, 0) is 4.79 Å². The zero-order valence-electron chi connectivity index (χ0n) is 12.2. The summed E-state index contributed by atoms with van der Waals surface area (Å²) in [5.74, 6) is -1.54. The molecule has 5 nitrogen and oxygen atoms in total. The molecule has 0 atom stereocenters. The molecule has 0 unspecified atom stereocenters. The van der Waals surface area contributed by atoms with Gasteiger partial charge in [-0.15, -0.1) is 0 Å². The molecule has 7 heteroatoms. The number of hydrogen-bond donors (Lipinski definition) is 2. The van der Waals surface area contributed by atoms with Gasteiger partial charge in [0.1, 0.15) is 5.75 Å². The summed E-state index contributed by atoms with van der Waals surface area (Å²) >= 11 is 0. The van der Waals surface area contributed by atoms with Gasteiger partial charge in [-0.05, 0) is 49.9 Å². The van der Waals surface area contributed by atoms with E-state index in [0.29, 0.717) is 29.5 Å². The summed E-state index contributed by atoms with van der Waals surface area (Å²) in [6.45, 7) is 0.261. The van der Waals surface area contributed by atoms with Crippen LogP contribution in [0.1, 0.15) is 34.3 Å². The number of amides is 1. The van der Waals surface area contributed by atoms with Crippen LogP contribution in [-0.4, -0.2) is 29.6 Å². The lowest BCUT2D eigenvalue weighted by atomic mass is 9.80. The molecule has 2 N–H and O–H groups in total. The Balaban J connectivity index is 2.03. The molecular formula is C15H17F2NO4. The van der Waals surface area contributed by atoms with Crippen molar-refractivity contribution in [3.8, 4) is 5.75 Å². The fourth-order valence-electron chi connectivity index (χ4n) is 2.56. The van der Waals surface area contributed by atoms with Gasteiger partial charge in [-0.3, -0.25) is 9.59 Å². The number of carboxylic acids is 1. The topological polar surface area (TPSA) is 75.6 Å². The van der Waals surface area contributed by atoms with Crippen LogP contribution in [0, 0.1) is 19.8 Å². The highest BCUT2D eigenvalue weighted by Gasteiger charge is 2.35. The summed E-state index contributed by atoms with van der Waals surface area (Å²) in [7, 11) is 0. The molecule has 1 aliphatic rings. The molecule has 0 bridgehead atoms. The number of ether oxygens (including phenoxy) is 1. The smallest absolute Gasteiger partial charge is 0.387 e. The lowest BCUT2D eigenvalue weighted by molar-refractivity contribution is -0.145. The Hall–Kier alpha value is -2.18. The van der Waals surface area contributed by atoms with Gasteiger partial charge in [0.15, 0.2) is 0 Å². The number of carbonyl (C=O) groups excluding carboxylic acids is 1. The van der Waals surface area contributed by atoms with Crippen molar-refractivity contribution >= 4 is 11.9 Å². The number of alkyl halides is 2. The Kier molecular flexibility index (Phi) is 4.63. The summed E-state index contributed by atoms with van der Waals surface area (Å²) < 4.78 is 29.1. The number of carbonyl (C=O) groups is 2. The van der Waals surface area contributed by atoms with Gasteiger partial charge in [0.05, 0.1) is 5.92 Å².